The minimum atomic E-state index is -1.27. The van der Waals surface area contributed by atoms with E-state index in [0.717, 1.165) is 17.1 Å². The van der Waals surface area contributed by atoms with Gasteiger partial charge in [0.05, 0.1) is 5.69 Å². The highest BCUT2D eigenvalue weighted by Crippen LogP contribution is 2.28. The van der Waals surface area contributed by atoms with Gasteiger partial charge in [-0.15, -0.1) is 0 Å². The zero-order valence-corrected chi connectivity index (χ0v) is 11.7. The van der Waals surface area contributed by atoms with Crippen LogP contribution in [0, 0.1) is 0 Å². The number of benzene rings is 1. The maximum atomic E-state index is 11.6. The second kappa shape index (κ2) is 6.21. The normalized spacial score (nSPS) is 13.6. The zero-order valence-electron chi connectivity index (χ0n) is 11.7. The number of carbonyl (C=O) groups excluding carboxylic acids is 3. The van der Waals surface area contributed by atoms with Gasteiger partial charge < -0.3 is 9.84 Å². The average Bonchev–Trinajstić information content (AvgIpc) is 2.78. The van der Waals surface area contributed by atoms with Gasteiger partial charge in [0.15, 0.2) is 0 Å². The van der Waals surface area contributed by atoms with Crippen molar-refractivity contribution in [3.8, 4) is 5.75 Å². The largest absolute Gasteiger partial charge is 0.478 e. The molecule has 114 valence electrons. The van der Waals surface area contributed by atoms with E-state index in [1.165, 1.54) is 18.2 Å². The Hall–Kier alpha value is -2.96. The number of carboxylic acids is 1. The minimum absolute atomic E-state index is 0.131. The molecule has 0 unspecified atom stereocenters. The lowest BCUT2D eigenvalue weighted by molar-refractivity contribution is -0.134. The SMILES string of the molecule is CCCC(=O)Oc1cc(N2C(=O)C=CC2=O)ccc1C(=O)O. The number of hydrogen-bond donors (Lipinski definition) is 1. The van der Waals surface area contributed by atoms with Crippen molar-refractivity contribution in [3.05, 3.63) is 35.9 Å². The van der Waals surface area contributed by atoms with Gasteiger partial charge in [0, 0.05) is 24.6 Å². The first-order valence-electron chi connectivity index (χ1n) is 6.58. The highest BCUT2D eigenvalue weighted by atomic mass is 16.5. The molecule has 1 aliphatic heterocycles. The fraction of sp³-hybridized carbons (Fsp3) is 0.200. The van der Waals surface area contributed by atoms with Crippen LogP contribution in [0.5, 0.6) is 5.75 Å². The van der Waals surface area contributed by atoms with E-state index in [4.69, 9.17) is 9.84 Å². The monoisotopic (exact) mass is 303 g/mol. The number of carboxylic acid groups (broad SMARTS) is 1. The summed E-state index contributed by atoms with van der Waals surface area (Å²) in [4.78, 5) is 46.9. The summed E-state index contributed by atoms with van der Waals surface area (Å²) in [6, 6.07) is 3.69. The maximum Gasteiger partial charge on any atom is 0.339 e. The summed E-state index contributed by atoms with van der Waals surface area (Å²) in [6.07, 6.45) is 2.90. The molecule has 0 aliphatic carbocycles. The summed E-state index contributed by atoms with van der Waals surface area (Å²) in [5.74, 6) is -3.14. The highest BCUT2D eigenvalue weighted by molar-refractivity contribution is 6.28. The number of ether oxygens (including phenoxy) is 1. The molecular weight excluding hydrogens is 290 g/mol. The summed E-state index contributed by atoms with van der Waals surface area (Å²) in [7, 11) is 0. The van der Waals surface area contributed by atoms with Crippen LogP contribution in [0.3, 0.4) is 0 Å². The van der Waals surface area contributed by atoms with Crippen LogP contribution in [0.2, 0.25) is 0 Å². The lowest BCUT2D eigenvalue weighted by Gasteiger charge is -2.16. The Bertz CT molecular complexity index is 673. The van der Waals surface area contributed by atoms with Gasteiger partial charge >= 0.3 is 11.9 Å². The van der Waals surface area contributed by atoms with Crippen molar-refractivity contribution in [2.24, 2.45) is 0 Å². The molecular formula is C15H13NO6. The smallest absolute Gasteiger partial charge is 0.339 e. The lowest BCUT2D eigenvalue weighted by Crippen LogP contribution is -2.29. The Morgan fingerprint density at radius 1 is 1.18 bits per heavy atom. The molecule has 2 rings (SSSR count). The van der Waals surface area contributed by atoms with Crippen LogP contribution >= 0.6 is 0 Å². The number of anilines is 1. The van der Waals surface area contributed by atoms with Crippen LogP contribution in [-0.4, -0.2) is 28.9 Å². The van der Waals surface area contributed by atoms with E-state index in [9.17, 15) is 19.2 Å². The summed E-state index contributed by atoms with van der Waals surface area (Å²) >= 11 is 0. The van der Waals surface area contributed by atoms with Gasteiger partial charge in [-0.1, -0.05) is 6.92 Å². The van der Waals surface area contributed by atoms with E-state index < -0.39 is 23.8 Å². The van der Waals surface area contributed by atoms with Crippen LogP contribution in [0.1, 0.15) is 30.1 Å². The molecule has 2 amide bonds. The molecule has 0 aromatic heterocycles. The van der Waals surface area contributed by atoms with Gasteiger partial charge in [-0.3, -0.25) is 14.4 Å². The van der Waals surface area contributed by atoms with Gasteiger partial charge in [-0.05, 0) is 18.6 Å². The predicted octanol–water partition coefficient (Wildman–Crippen LogP) is 1.52. The molecule has 0 atom stereocenters. The number of carbonyl (C=O) groups is 4. The number of aromatic carboxylic acids is 1. The molecule has 0 spiro atoms. The van der Waals surface area contributed by atoms with E-state index in [0.29, 0.717) is 6.42 Å². The average molecular weight is 303 g/mol. The molecule has 22 heavy (non-hydrogen) atoms. The fourth-order valence-corrected chi connectivity index (χ4v) is 1.94. The Morgan fingerprint density at radius 2 is 1.82 bits per heavy atom. The van der Waals surface area contributed by atoms with Crippen molar-refractivity contribution >= 4 is 29.4 Å². The van der Waals surface area contributed by atoms with Gasteiger partial charge in [0.25, 0.3) is 11.8 Å². The van der Waals surface area contributed by atoms with Crippen LogP contribution in [0.15, 0.2) is 30.4 Å². The standard InChI is InChI=1S/C15H13NO6/c1-2-3-14(19)22-11-8-9(4-5-10(11)15(20)21)16-12(17)6-7-13(16)18/h4-8H,2-3H2,1H3,(H,20,21). The van der Waals surface area contributed by atoms with Crippen molar-refractivity contribution in [2.45, 2.75) is 19.8 Å². The Morgan fingerprint density at radius 3 is 2.36 bits per heavy atom. The van der Waals surface area contributed by atoms with E-state index >= 15 is 0 Å². The molecule has 0 radical (unpaired) electrons. The van der Waals surface area contributed by atoms with E-state index in [-0.39, 0.29) is 23.4 Å². The summed E-state index contributed by atoms with van der Waals surface area (Å²) in [5.41, 5.74) is -0.0791. The zero-order chi connectivity index (χ0) is 16.3. The third kappa shape index (κ3) is 3.03. The Kier molecular flexibility index (Phi) is 4.36. The quantitative estimate of drug-likeness (QED) is 0.503. The third-order valence-electron chi connectivity index (χ3n) is 2.94. The third-order valence-corrected chi connectivity index (χ3v) is 2.94. The molecule has 0 saturated carbocycles. The van der Waals surface area contributed by atoms with Crippen molar-refractivity contribution in [2.75, 3.05) is 4.90 Å². The molecule has 0 saturated heterocycles. The Balaban J connectivity index is 2.39. The molecule has 1 aliphatic rings. The molecule has 0 bridgehead atoms. The number of amides is 2. The van der Waals surface area contributed by atoms with Crippen molar-refractivity contribution in [3.63, 3.8) is 0 Å². The van der Waals surface area contributed by atoms with Crippen LogP contribution in [0.4, 0.5) is 5.69 Å². The number of nitrogens with zero attached hydrogens (tertiary/aromatic N) is 1. The lowest BCUT2D eigenvalue weighted by atomic mass is 10.1. The molecule has 1 heterocycles. The second-order valence-electron chi connectivity index (χ2n) is 4.55. The first-order chi connectivity index (χ1) is 10.4. The molecule has 7 heteroatoms. The predicted molar refractivity (Wildman–Crippen MR) is 75.6 cm³/mol. The number of hydrogen-bond acceptors (Lipinski definition) is 5. The summed E-state index contributed by atoms with van der Waals surface area (Å²) in [6.45, 7) is 1.78. The van der Waals surface area contributed by atoms with Crippen LogP contribution in [0.25, 0.3) is 0 Å². The molecule has 1 aromatic carbocycles. The summed E-state index contributed by atoms with van der Waals surface area (Å²) < 4.78 is 5.03. The van der Waals surface area contributed by atoms with Gasteiger partial charge in [-0.2, -0.15) is 0 Å². The fourth-order valence-electron chi connectivity index (χ4n) is 1.94. The first-order valence-corrected chi connectivity index (χ1v) is 6.58. The first kappa shape index (κ1) is 15.4. The van der Waals surface area contributed by atoms with Crippen molar-refractivity contribution < 1.29 is 29.0 Å². The molecule has 1 aromatic rings. The second-order valence-corrected chi connectivity index (χ2v) is 4.55. The highest BCUT2D eigenvalue weighted by Gasteiger charge is 2.27. The molecule has 7 nitrogen and oxygen atoms in total. The van der Waals surface area contributed by atoms with Crippen molar-refractivity contribution in [1.29, 1.82) is 0 Å². The van der Waals surface area contributed by atoms with Crippen molar-refractivity contribution in [1.82, 2.24) is 0 Å². The topological polar surface area (TPSA) is 101 Å². The maximum absolute atomic E-state index is 11.6. The van der Waals surface area contributed by atoms with Crippen LogP contribution in [-0.2, 0) is 14.4 Å². The van der Waals surface area contributed by atoms with E-state index in [1.54, 1.807) is 6.92 Å². The van der Waals surface area contributed by atoms with Gasteiger partial charge in [0.1, 0.15) is 11.3 Å². The van der Waals surface area contributed by atoms with Gasteiger partial charge in [-0.25, -0.2) is 9.69 Å². The minimum Gasteiger partial charge on any atom is -0.478 e. The number of rotatable bonds is 5. The molecule has 0 fully saturated rings. The number of imide groups is 1. The molecule has 1 N–H and O–H groups in total. The summed E-state index contributed by atoms with van der Waals surface area (Å²) in [5, 5.41) is 9.12. The van der Waals surface area contributed by atoms with E-state index in [2.05, 4.69) is 0 Å². The number of esters is 1. The van der Waals surface area contributed by atoms with Crippen LogP contribution < -0.4 is 9.64 Å². The van der Waals surface area contributed by atoms with E-state index in [1.807, 2.05) is 0 Å². The Labute approximate surface area is 125 Å². The van der Waals surface area contributed by atoms with Gasteiger partial charge in [0.2, 0.25) is 0 Å².